The second-order valence-corrected chi connectivity index (χ2v) is 5.19. The molecule has 2 rings (SSSR count). The average molecular weight is 265 g/mol. The number of nitrogens with zero attached hydrogens (tertiary/aromatic N) is 4. The van der Waals surface area contributed by atoms with Gasteiger partial charge in [-0.2, -0.15) is 10.2 Å². The highest BCUT2D eigenvalue weighted by Crippen LogP contribution is 2.03. The molecule has 0 aromatic carbocycles. The highest BCUT2D eigenvalue weighted by molar-refractivity contribution is 5.96. The van der Waals surface area contributed by atoms with E-state index in [1.54, 1.807) is 12.4 Å². The van der Waals surface area contributed by atoms with Crippen molar-refractivity contribution in [1.29, 1.82) is 0 Å². The number of carbonyl (C=O) groups excluding carboxylic acids is 1. The third-order valence-electron chi connectivity index (χ3n) is 3.64. The SMILES string of the molecule is CN1CCN(CCCNC(=O)C2C=NN=CC2)CC1. The number of hydrogen-bond donors (Lipinski definition) is 1. The largest absolute Gasteiger partial charge is 0.355 e. The fourth-order valence-corrected chi connectivity index (χ4v) is 2.28. The molecular formula is C13H23N5O. The quantitative estimate of drug-likeness (QED) is 0.701. The van der Waals surface area contributed by atoms with Crippen LogP contribution < -0.4 is 5.32 Å². The molecule has 0 saturated carbocycles. The summed E-state index contributed by atoms with van der Waals surface area (Å²) in [5, 5.41) is 10.5. The lowest BCUT2D eigenvalue weighted by molar-refractivity contribution is -0.122. The van der Waals surface area contributed by atoms with Gasteiger partial charge in [0.05, 0.1) is 5.92 Å². The lowest BCUT2D eigenvalue weighted by Crippen LogP contribution is -2.45. The molecule has 0 radical (unpaired) electrons. The zero-order chi connectivity index (χ0) is 13.5. The van der Waals surface area contributed by atoms with E-state index in [0.29, 0.717) is 6.42 Å². The van der Waals surface area contributed by atoms with Gasteiger partial charge in [-0.15, -0.1) is 0 Å². The number of likely N-dealkylation sites (N-methyl/N-ethyl adjacent to an activating group) is 1. The normalized spacial score (nSPS) is 24.6. The topological polar surface area (TPSA) is 60.3 Å². The number of rotatable bonds is 5. The minimum Gasteiger partial charge on any atom is -0.355 e. The van der Waals surface area contributed by atoms with Crippen molar-refractivity contribution in [2.75, 3.05) is 46.3 Å². The van der Waals surface area contributed by atoms with E-state index in [0.717, 1.165) is 45.7 Å². The molecule has 1 N–H and O–H groups in total. The summed E-state index contributed by atoms with van der Waals surface area (Å²) < 4.78 is 0. The predicted molar refractivity (Wildman–Crippen MR) is 76.7 cm³/mol. The first-order valence-corrected chi connectivity index (χ1v) is 6.99. The molecule has 1 amide bonds. The van der Waals surface area contributed by atoms with Gasteiger partial charge in [-0.05, 0) is 20.0 Å². The first kappa shape index (κ1) is 14.1. The smallest absolute Gasteiger partial charge is 0.228 e. The number of nitrogens with one attached hydrogen (secondary N) is 1. The van der Waals surface area contributed by atoms with Gasteiger partial charge in [0.15, 0.2) is 0 Å². The van der Waals surface area contributed by atoms with Crippen LogP contribution in [0.2, 0.25) is 0 Å². The Morgan fingerprint density at radius 2 is 2.11 bits per heavy atom. The van der Waals surface area contributed by atoms with Gasteiger partial charge in [-0.1, -0.05) is 0 Å². The molecule has 1 fully saturated rings. The van der Waals surface area contributed by atoms with Crippen molar-refractivity contribution < 1.29 is 4.79 Å². The fourth-order valence-electron chi connectivity index (χ4n) is 2.28. The van der Waals surface area contributed by atoms with Crippen molar-refractivity contribution in [3.63, 3.8) is 0 Å². The predicted octanol–water partition coefficient (Wildman–Crippen LogP) is -0.183. The summed E-state index contributed by atoms with van der Waals surface area (Å²) in [7, 11) is 2.16. The summed E-state index contributed by atoms with van der Waals surface area (Å²) in [5.41, 5.74) is 0. The van der Waals surface area contributed by atoms with Crippen LogP contribution in [0.5, 0.6) is 0 Å². The number of amides is 1. The fraction of sp³-hybridized carbons (Fsp3) is 0.769. The van der Waals surface area contributed by atoms with Gasteiger partial charge in [0.2, 0.25) is 5.91 Å². The molecule has 0 bridgehead atoms. The zero-order valence-electron chi connectivity index (χ0n) is 11.6. The number of hydrogen-bond acceptors (Lipinski definition) is 5. The molecule has 0 spiro atoms. The molecule has 6 heteroatoms. The monoisotopic (exact) mass is 265 g/mol. The van der Waals surface area contributed by atoms with E-state index < -0.39 is 0 Å². The van der Waals surface area contributed by atoms with Gasteiger partial charge in [0.1, 0.15) is 0 Å². The van der Waals surface area contributed by atoms with Crippen LogP contribution in [0, 0.1) is 5.92 Å². The Kier molecular flexibility index (Phi) is 5.47. The van der Waals surface area contributed by atoms with Crippen molar-refractivity contribution in [1.82, 2.24) is 15.1 Å². The van der Waals surface area contributed by atoms with E-state index in [-0.39, 0.29) is 11.8 Å². The second-order valence-electron chi connectivity index (χ2n) is 5.19. The molecule has 2 aliphatic heterocycles. The molecule has 0 aromatic heterocycles. The van der Waals surface area contributed by atoms with Gasteiger partial charge in [-0.25, -0.2) is 0 Å². The minimum atomic E-state index is -0.138. The summed E-state index contributed by atoms with van der Waals surface area (Å²) in [6, 6.07) is 0. The van der Waals surface area contributed by atoms with Crippen LogP contribution >= 0.6 is 0 Å². The Balaban J connectivity index is 1.55. The minimum absolute atomic E-state index is 0.0632. The molecule has 2 heterocycles. The highest BCUT2D eigenvalue weighted by atomic mass is 16.1. The van der Waals surface area contributed by atoms with E-state index >= 15 is 0 Å². The molecular weight excluding hydrogens is 242 g/mol. The van der Waals surface area contributed by atoms with Crippen LogP contribution in [0.25, 0.3) is 0 Å². The van der Waals surface area contributed by atoms with E-state index in [1.165, 1.54) is 0 Å². The van der Waals surface area contributed by atoms with Gasteiger partial charge in [0, 0.05) is 51.6 Å². The van der Waals surface area contributed by atoms with E-state index in [9.17, 15) is 4.79 Å². The van der Waals surface area contributed by atoms with Crippen LogP contribution in [0.4, 0.5) is 0 Å². The maximum Gasteiger partial charge on any atom is 0.228 e. The Morgan fingerprint density at radius 3 is 2.79 bits per heavy atom. The Labute approximate surface area is 114 Å². The number of carbonyl (C=O) groups is 1. The van der Waals surface area contributed by atoms with Crippen LogP contribution in [0.1, 0.15) is 12.8 Å². The van der Waals surface area contributed by atoms with Crippen LogP contribution in [-0.2, 0) is 4.79 Å². The standard InChI is InChI=1S/C13H23N5O/c1-17-7-9-18(10-8-17)6-2-4-14-13(19)12-3-5-15-16-11-12/h5,11-12H,2-4,6-10H2,1H3,(H,14,19). The van der Waals surface area contributed by atoms with Gasteiger partial charge in [0.25, 0.3) is 0 Å². The van der Waals surface area contributed by atoms with Crippen molar-refractivity contribution in [3.8, 4) is 0 Å². The van der Waals surface area contributed by atoms with Gasteiger partial charge < -0.3 is 15.1 Å². The van der Waals surface area contributed by atoms with E-state index in [1.807, 2.05) is 0 Å². The first-order chi connectivity index (χ1) is 9.25. The molecule has 1 unspecified atom stereocenters. The lowest BCUT2D eigenvalue weighted by Gasteiger charge is -2.32. The molecule has 1 saturated heterocycles. The molecule has 1 atom stereocenters. The lowest BCUT2D eigenvalue weighted by atomic mass is 10.1. The van der Waals surface area contributed by atoms with Gasteiger partial charge >= 0.3 is 0 Å². The van der Waals surface area contributed by atoms with E-state index in [4.69, 9.17) is 0 Å². The van der Waals surface area contributed by atoms with Crippen molar-refractivity contribution in [2.24, 2.45) is 16.1 Å². The zero-order valence-corrected chi connectivity index (χ0v) is 11.6. The Bertz CT molecular complexity index is 347. The maximum atomic E-state index is 11.8. The third kappa shape index (κ3) is 4.72. The van der Waals surface area contributed by atoms with Crippen LogP contribution in [0.3, 0.4) is 0 Å². The Hall–Kier alpha value is -1.27. The average Bonchev–Trinajstić information content (AvgIpc) is 2.46. The van der Waals surface area contributed by atoms with Crippen molar-refractivity contribution in [3.05, 3.63) is 0 Å². The van der Waals surface area contributed by atoms with Gasteiger partial charge in [-0.3, -0.25) is 4.79 Å². The molecule has 2 aliphatic rings. The van der Waals surface area contributed by atoms with E-state index in [2.05, 4.69) is 32.4 Å². The summed E-state index contributed by atoms with van der Waals surface area (Å²) in [4.78, 5) is 16.6. The first-order valence-electron chi connectivity index (χ1n) is 6.99. The van der Waals surface area contributed by atoms with Crippen molar-refractivity contribution in [2.45, 2.75) is 12.8 Å². The number of piperazine rings is 1. The maximum absolute atomic E-state index is 11.8. The molecule has 6 nitrogen and oxygen atoms in total. The summed E-state index contributed by atoms with van der Waals surface area (Å²) >= 11 is 0. The van der Waals surface area contributed by atoms with Crippen LogP contribution in [-0.4, -0.2) is 74.5 Å². The molecule has 19 heavy (non-hydrogen) atoms. The Morgan fingerprint density at radius 1 is 1.32 bits per heavy atom. The summed E-state index contributed by atoms with van der Waals surface area (Å²) in [5.74, 6) is -0.0746. The second kappa shape index (κ2) is 7.35. The molecule has 0 aromatic rings. The molecule has 0 aliphatic carbocycles. The molecule has 106 valence electrons. The third-order valence-corrected chi connectivity index (χ3v) is 3.64. The van der Waals surface area contributed by atoms with Crippen molar-refractivity contribution >= 4 is 18.3 Å². The summed E-state index contributed by atoms with van der Waals surface area (Å²) in [6.07, 6.45) is 4.98. The van der Waals surface area contributed by atoms with Crippen LogP contribution in [0.15, 0.2) is 10.2 Å². The summed E-state index contributed by atoms with van der Waals surface area (Å²) in [6.45, 7) is 6.36. The highest BCUT2D eigenvalue weighted by Gasteiger charge is 2.17.